The summed E-state index contributed by atoms with van der Waals surface area (Å²) in [5.74, 6) is 0.585. The van der Waals surface area contributed by atoms with Crippen molar-refractivity contribution in [2.45, 2.75) is 36.3 Å². The second-order valence-corrected chi connectivity index (χ2v) is 8.99. The number of anilines is 1. The summed E-state index contributed by atoms with van der Waals surface area (Å²) in [5.41, 5.74) is 2.94. The van der Waals surface area contributed by atoms with E-state index >= 15 is 0 Å². The predicted octanol–water partition coefficient (Wildman–Crippen LogP) is 6.25. The van der Waals surface area contributed by atoms with E-state index in [0.29, 0.717) is 16.8 Å². The molecule has 3 aromatic carbocycles. The monoisotopic (exact) mass is 444 g/mol. The van der Waals surface area contributed by atoms with Crippen molar-refractivity contribution in [1.82, 2.24) is 4.90 Å². The molecule has 0 unspecified atom stereocenters. The van der Waals surface area contributed by atoms with E-state index in [9.17, 15) is 9.59 Å². The van der Waals surface area contributed by atoms with E-state index in [1.807, 2.05) is 65.6 Å². The van der Waals surface area contributed by atoms with E-state index < -0.39 is 0 Å². The second kappa shape index (κ2) is 11.0. The number of hydrogen-bond donors (Lipinski definition) is 1. The van der Waals surface area contributed by atoms with E-state index in [1.165, 1.54) is 18.4 Å². The molecular formula is C27H28N2O2S. The molecule has 0 spiro atoms. The third-order valence-electron chi connectivity index (χ3n) is 5.67. The van der Waals surface area contributed by atoms with Crippen molar-refractivity contribution in [2.24, 2.45) is 0 Å². The first-order valence-electron chi connectivity index (χ1n) is 11.2. The van der Waals surface area contributed by atoms with Gasteiger partial charge in [-0.15, -0.1) is 11.8 Å². The Labute approximate surface area is 194 Å². The van der Waals surface area contributed by atoms with Gasteiger partial charge in [0.2, 0.25) is 0 Å². The Morgan fingerprint density at radius 3 is 2.12 bits per heavy atom. The normalized spacial score (nSPS) is 13.9. The Kier molecular flexibility index (Phi) is 7.62. The first-order valence-corrected chi connectivity index (χ1v) is 12.2. The molecule has 1 heterocycles. The van der Waals surface area contributed by atoms with Gasteiger partial charge in [0.05, 0.1) is 16.8 Å². The van der Waals surface area contributed by atoms with Crippen molar-refractivity contribution in [3.05, 3.63) is 95.6 Å². The Bertz CT molecular complexity index is 1060. The van der Waals surface area contributed by atoms with Crippen LogP contribution in [0.5, 0.6) is 0 Å². The molecular weight excluding hydrogens is 416 g/mol. The fraction of sp³-hybridized carbons (Fsp3) is 0.259. The van der Waals surface area contributed by atoms with Crippen molar-refractivity contribution in [3.63, 3.8) is 0 Å². The van der Waals surface area contributed by atoms with Gasteiger partial charge in [-0.25, -0.2) is 0 Å². The molecule has 5 heteroatoms. The molecule has 0 saturated carbocycles. The van der Waals surface area contributed by atoms with Crippen LogP contribution in [0.2, 0.25) is 0 Å². The molecule has 2 amide bonds. The maximum absolute atomic E-state index is 13.2. The highest BCUT2D eigenvalue weighted by molar-refractivity contribution is 7.98. The zero-order valence-corrected chi connectivity index (χ0v) is 18.9. The molecule has 4 rings (SSSR count). The number of nitrogens with one attached hydrogen (secondary N) is 1. The third-order valence-corrected chi connectivity index (χ3v) is 6.81. The van der Waals surface area contributed by atoms with Crippen LogP contribution < -0.4 is 5.32 Å². The van der Waals surface area contributed by atoms with E-state index in [2.05, 4.69) is 17.4 Å². The van der Waals surface area contributed by atoms with Crippen LogP contribution >= 0.6 is 11.8 Å². The number of rotatable bonds is 6. The van der Waals surface area contributed by atoms with Gasteiger partial charge in [-0.2, -0.15) is 0 Å². The lowest BCUT2D eigenvalue weighted by molar-refractivity contribution is 0.0762. The highest BCUT2D eigenvalue weighted by Crippen LogP contribution is 2.28. The quantitative estimate of drug-likeness (QED) is 0.457. The Morgan fingerprint density at radius 2 is 1.38 bits per heavy atom. The standard InChI is InChI=1S/C27H28N2O2S/c30-26(23-15-7-9-17-25(23)32-20-21-12-4-3-5-13-21)28-24-16-8-6-14-22(24)27(31)29-18-10-1-2-11-19-29/h3-9,12-17H,1-2,10-11,18-20H2,(H,28,30). The number of amides is 2. The summed E-state index contributed by atoms with van der Waals surface area (Å²) < 4.78 is 0. The van der Waals surface area contributed by atoms with Gasteiger partial charge in [0, 0.05) is 23.7 Å². The number of thioether (sulfide) groups is 1. The number of hydrogen-bond acceptors (Lipinski definition) is 3. The molecule has 1 aliphatic rings. The Balaban J connectivity index is 1.51. The zero-order chi connectivity index (χ0) is 22.2. The number of carbonyl (C=O) groups is 2. The van der Waals surface area contributed by atoms with Crippen molar-refractivity contribution in [1.29, 1.82) is 0 Å². The maximum Gasteiger partial charge on any atom is 0.256 e. The molecule has 0 atom stereocenters. The molecule has 1 fully saturated rings. The van der Waals surface area contributed by atoms with Crippen LogP contribution in [0.1, 0.15) is 52.0 Å². The van der Waals surface area contributed by atoms with Crippen LogP contribution in [0, 0.1) is 0 Å². The first kappa shape index (κ1) is 22.2. The number of carbonyl (C=O) groups excluding carboxylic acids is 2. The van der Waals surface area contributed by atoms with E-state index in [0.717, 1.165) is 36.6 Å². The fourth-order valence-corrected chi connectivity index (χ4v) is 4.93. The average molecular weight is 445 g/mol. The van der Waals surface area contributed by atoms with Crippen LogP contribution in [0.15, 0.2) is 83.8 Å². The minimum absolute atomic E-state index is 0.00506. The molecule has 32 heavy (non-hydrogen) atoms. The van der Waals surface area contributed by atoms with Gasteiger partial charge in [-0.3, -0.25) is 9.59 Å². The number of para-hydroxylation sites is 1. The topological polar surface area (TPSA) is 49.4 Å². The van der Waals surface area contributed by atoms with Crippen molar-refractivity contribution >= 4 is 29.3 Å². The smallest absolute Gasteiger partial charge is 0.256 e. The Hall–Kier alpha value is -3.05. The van der Waals surface area contributed by atoms with Crippen molar-refractivity contribution < 1.29 is 9.59 Å². The molecule has 0 aliphatic carbocycles. The largest absolute Gasteiger partial charge is 0.339 e. The second-order valence-electron chi connectivity index (χ2n) is 7.98. The summed E-state index contributed by atoms with van der Waals surface area (Å²) in [6.07, 6.45) is 4.40. The number of benzene rings is 3. The minimum atomic E-state index is -0.197. The zero-order valence-electron chi connectivity index (χ0n) is 18.1. The number of likely N-dealkylation sites (tertiary alicyclic amines) is 1. The first-order chi connectivity index (χ1) is 15.7. The van der Waals surface area contributed by atoms with E-state index in [1.54, 1.807) is 17.8 Å². The van der Waals surface area contributed by atoms with Crippen LogP contribution in [0.4, 0.5) is 5.69 Å². The SMILES string of the molecule is O=C(Nc1ccccc1C(=O)N1CCCCCC1)c1ccccc1SCc1ccccc1. The molecule has 164 valence electrons. The molecule has 0 radical (unpaired) electrons. The molecule has 4 nitrogen and oxygen atoms in total. The van der Waals surface area contributed by atoms with Gasteiger partial charge in [0.15, 0.2) is 0 Å². The molecule has 0 bridgehead atoms. The molecule has 0 aromatic heterocycles. The van der Waals surface area contributed by atoms with Crippen LogP contribution in [0.25, 0.3) is 0 Å². The van der Waals surface area contributed by atoms with E-state index in [-0.39, 0.29) is 11.8 Å². The van der Waals surface area contributed by atoms with Gasteiger partial charge in [-0.1, -0.05) is 67.4 Å². The molecule has 3 aromatic rings. The van der Waals surface area contributed by atoms with Crippen LogP contribution in [0.3, 0.4) is 0 Å². The highest BCUT2D eigenvalue weighted by Gasteiger charge is 2.21. The van der Waals surface area contributed by atoms with Gasteiger partial charge in [-0.05, 0) is 42.7 Å². The summed E-state index contributed by atoms with van der Waals surface area (Å²) in [6, 6.07) is 25.1. The maximum atomic E-state index is 13.2. The molecule has 1 aliphatic heterocycles. The summed E-state index contributed by atoms with van der Waals surface area (Å²) in [6.45, 7) is 1.56. The van der Waals surface area contributed by atoms with Gasteiger partial charge in [0.1, 0.15) is 0 Å². The lowest BCUT2D eigenvalue weighted by Gasteiger charge is -2.22. The van der Waals surface area contributed by atoms with E-state index in [4.69, 9.17) is 0 Å². The fourth-order valence-electron chi connectivity index (χ4n) is 3.93. The van der Waals surface area contributed by atoms with Crippen molar-refractivity contribution in [2.75, 3.05) is 18.4 Å². The number of nitrogens with zero attached hydrogens (tertiary/aromatic N) is 1. The lowest BCUT2D eigenvalue weighted by Crippen LogP contribution is -2.32. The average Bonchev–Trinajstić information content (AvgIpc) is 3.13. The summed E-state index contributed by atoms with van der Waals surface area (Å²) in [7, 11) is 0. The van der Waals surface area contributed by atoms with Crippen LogP contribution in [-0.2, 0) is 5.75 Å². The van der Waals surface area contributed by atoms with Gasteiger partial charge < -0.3 is 10.2 Å². The van der Waals surface area contributed by atoms with Crippen LogP contribution in [-0.4, -0.2) is 29.8 Å². The molecule has 1 saturated heterocycles. The third kappa shape index (κ3) is 5.60. The highest BCUT2D eigenvalue weighted by atomic mass is 32.2. The lowest BCUT2D eigenvalue weighted by atomic mass is 10.1. The minimum Gasteiger partial charge on any atom is -0.339 e. The Morgan fingerprint density at radius 1 is 0.750 bits per heavy atom. The van der Waals surface area contributed by atoms with Crippen molar-refractivity contribution in [3.8, 4) is 0 Å². The van der Waals surface area contributed by atoms with Gasteiger partial charge in [0.25, 0.3) is 11.8 Å². The summed E-state index contributed by atoms with van der Waals surface area (Å²) >= 11 is 1.64. The van der Waals surface area contributed by atoms with Gasteiger partial charge >= 0.3 is 0 Å². The summed E-state index contributed by atoms with van der Waals surface area (Å²) in [5, 5.41) is 3.00. The molecule has 1 N–H and O–H groups in total. The summed E-state index contributed by atoms with van der Waals surface area (Å²) in [4.78, 5) is 29.2. The predicted molar refractivity (Wildman–Crippen MR) is 131 cm³/mol.